The number of rotatable bonds is 4. The lowest BCUT2D eigenvalue weighted by Gasteiger charge is -2.18. The van der Waals surface area contributed by atoms with E-state index in [2.05, 4.69) is 24.0 Å². The highest BCUT2D eigenvalue weighted by atomic mass is 16.3. The topological polar surface area (TPSA) is 40.5 Å². The number of ketones is 1. The molecule has 2 unspecified atom stereocenters. The maximum atomic E-state index is 12.5. The maximum absolute atomic E-state index is 12.5. The van der Waals surface area contributed by atoms with Crippen molar-refractivity contribution in [3.8, 4) is 0 Å². The molecule has 20 heavy (non-hydrogen) atoms. The quantitative estimate of drug-likeness (QED) is 0.858. The van der Waals surface area contributed by atoms with E-state index in [1.54, 1.807) is 0 Å². The summed E-state index contributed by atoms with van der Waals surface area (Å²) >= 11 is 0. The summed E-state index contributed by atoms with van der Waals surface area (Å²) in [6.45, 7) is 10.1. The van der Waals surface area contributed by atoms with E-state index in [0.717, 1.165) is 36.2 Å². The molecule has 1 saturated heterocycles. The fraction of sp³-hybridized carbons (Fsp3) is 0.588. The van der Waals surface area contributed by atoms with Crippen molar-refractivity contribution in [1.82, 2.24) is 4.90 Å². The minimum Gasteiger partial charge on any atom is -0.393 e. The van der Waals surface area contributed by atoms with E-state index in [-0.39, 0.29) is 11.9 Å². The standard InChI is InChI=1S/C17H25NO2/c1-11-7-12(2)17(13(3)8-11)16(20)10-18-6-5-15(9-18)14(4)19/h7-8,14-15,19H,5-6,9-10H2,1-4H3. The number of aryl methyl sites for hydroxylation is 3. The smallest absolute Gasteiger partial charge is 0.177 e. The highest BCUT2D eigenvalue weighted by Gasteiger charge is 2.27. The average molecular weight is 275 g/mol. The third kappa shape index (κ3) is 3.28. The zero-order valence-corrected chi connectivity index (χ0v) is 12.9. The Labute approximate surface area is 121 Å². The Bertz CT molecular complexity index is 485. The molecule has 0 aromatic heterocycles. The summed E-state index contributed by atoms with van der Waals surface area (Å²) in [4.78, 5) is 14.7. The van der Waals surface area contributed by atoms with Gasteiger partial charge >= 0.3 is 0 Å². The van der Waals surface area contributed by atoms with Gasteiger partial charge in [0.25, 0.3) is 0 Å². The van der Waals surface area contributed by atoms with Gasteiger partial charge in [-0.1, -0.05) is 17.7 Å². The first kappa shape index (κ1) is 15.2. The van der Waals surface area contributed by atoms with Gasteiger partial charge in [-0.2, -0.15) is 0 Å². The summed E-state index contributed by atoms with van der Waals surface area (Å²) in [5, 5.41) is 9.63. The second-order valence-corrected chi connectivity index (χ2v) is 6.22. The molecule has 1 aliphatic heterocycles. The fourth-order valence-electron chi connectivity index (χ4n) is 3.30. The summed E-state index contributed by atoms with van der Waals surface area (Å²) in [5.41, 5.74) is 4.21. The van der Waals surface area contributed by atoms with Crippen LogP contribution in [0.5, 0.6) is 0 Å². The van der Waals surface area contributed by atoms with E-state index in [9.17, 15) is 9.90 Å². The lowest BCUT2D eigenvalue weighted by Crippen LogP contribution is -2.30. The Morgan fingerprint density at radius 1 is 1.35 bits per heavy atom. The molecule has 1 aliphatic rings. The second-order valence-electron chi connectivity index (χ2n) is 6.22. The van der Waals surface area contributed by atoms with Crippen LogP contribution in [0.15, 0.2) is 12.1 Å². The number of nitrogens with zero attached hydrogens (tertiary/aromatic N) is 1. The number of benzene rings is 1. The van der Waals surface area contributed by atoms with Crippen LogP contribution in [0.1, 0.15) is 40.4 Å². The summed E-state index contributed by atoms with van der Waals surface area (Å²) in [7, 11) is 0. The summed E-state index contributed by atoms with van der Waals surface area (Å²) in [5.74, 6) is 0.509. The first-order valence-corrected chi connectivity index (χ1v) is 7.40. The molecule has 0 amide bonds. The van der Waals surface area contributed by atoms with Crippen molar-refractivity contribution in [2.24, 2.45) is 5.92 Å². The molecule has 1 aromatic rings. The summed E-state index contributed by atoms with van der Waals surface area (Å²) in [6.07, 6.45) is 0.703. The molecule has 1 aromatic carbocycles. The molecule has 2 atom stereocenters. The van der Waals surface area contributed by atoms with Crippen molar-refractivity contribution in [2.75, 3.05) is 19.6 Å². The third-order valence-electron chi connectivity index (χ3n) is 4.31. The van der Waals surface area contributed by atoms with Gasteiger partial charge in [0.1, 0.15) is 0 Å². The molecule has 0 spiro atoms. The molecular weight excluding hydrogens is 250 g/mol. The number of carbonyl (C=O) groups excluding carboxylic acids is 1. The van der Waals surface area contributed by atoms with Crippen LogP contribution in [-0.2, 0) is 0 Å². The van der Waals surface area contributed by atoms with Crippen molar-refractivity contribution >= 4 is 5.78 Å². The van der Waals surface area contributed by atoms with Gasteiger partial charge in [0.05, 0.1) is 12.6 Å². The number of carbonyl (C=O) groups is 1. The summed E-state index contributed by atoms with van der Waals surface area (Å²) in [6, 6.07) is 4.14. The number of aliphatic hydroxyl groups excluding tert-OH is 1. The van der Waals surface area contributed by atoms with Gasteiger partial charge < -0.3 is 5.11 Å². The Morgan fingerprint density at radius 2 is 1.95 bits per heavy atom. The number of Topliss-reactive ketones (excluding diaryl/α,β-unsaturated/α-hetero) is 1. The predicted octanol–water partition coefficient (Wildman–Crippen LogP) is 2.50. The predicted molar refractivity (Wildman–Crippen MR) is 81.2 cm³/mol. The van der Waals surface area contributed by atoms with E-state index >= 15 is 0 Å². The van der Waals surface area contributed by atoms with E-state index in [1.807, 2.05) is 20.8 Å². The van der Waals surface area contributed by atoms with E-state index in [1.165, 1.54) is 5.56 Å². The minimum atomic E-state index is -0.280. The molecule has 3 nitrogen and oxygen atoms in total. The van der Waals surface area contributed by atoms with Crippen molar-refractivity contribution < 1.29 is 9.90 Å². The number of hydrogen-bond acceptors (Lipinski definition) is 3. The van der Waals surface area contributed by atoms with Crippen LogP contribution in [-0.4, -0.2) is 41.5 Å². The molecule has 1 N–H and O–H groups in total. The Morgan fingerprint density at radius 3 is 2.45 bits per heavy atom. The molecule has 3 heteroatoms. The van der Waals surface area contributed by atoms with Gasteiger partial charge in [0.15, 0.2) is 5.78 Å². The van der Waals surface area contributed by atoms with E-state index in [0.29, 0.717) is 12.5 Å². The molecule has 2 rings (SSSR count). The van der Waals surface area contributed by atoms with Crippen molar-refractivity contribution in [1.29, 1.82) is 0 Å². The van der Waals surface area contributed by atoms with Gasteiger partial charge in [0.2, 0.25) is 0 Å². The third-order valence-corrected chi connectivity index (χ3v) is 4.31. The molecule has 0 saturated carbocycles. The maximum Gasteiger partial charge on any atom is 0.177 e. The molecular formula is C17H25NO2. The summed E-state index contributed by atoms with van der Waals surface area (Å²) < 4.78 is 0. The lowest BCUT2D eigenvalue weighted by molar-refractivity contribution is 0.0924. The highest BCUT2D eigenvalue weighted by molar-refractivity contribution is 6.00. The number of hydrogen-bond donors (Lipinski definition) is 1. The fourth-order valence-corrected chi connectivity index (χ4v) is 3.30. The molecule has 0 bridgehead atoms. The first-order chi connectivity index (χ1) is 9.38. The zero-order chi connectivity index (χ0) is 14.9. The Hall–Kier alpha value is -1.19. The zero-order valence-electron chi connectivity index (χ0n) is 12.9. The van der Waals surface area contributed by atoms with Crippen molar-refractivity contribution in [3.05, 3.63) is 34.4 Å². The SMILES string of the molecule is Cc1cc(C)c(C(=O)CN2CCC(C(C)O)C2)c(C)c1. The molecule has 0 aliphatic carbocycles. The number of aliphatic hydroxyl groups is 1. The minimum absolute atomic E-state index is 0.200. The Balaban J connectivity index is 2.07. The van der Waals surface area contributed by atoms with Gasteiger partial charge in [-0.3, -0.25) is 9.69 Å². The van der Waals surface area contributed by atoms with Gasteiger partial charge in [0, 0.05) is 12.1 Å². The second kappa shape index (κ2) is 6.06. The molecule has 1 heterocycles. The van der Waals surface area contributed by atoms with Crippen LogP contribution in [0.2, 0.25) is 0 Å². The van der Waals surface area contributed by atoms with E-state index in [4.69, 9.17) is 0 Å². The molecule has 110 valence electrons. The number of likely N-dealkylation sites (tertiary alicyclic amines) is 1. The average Bonchev–Trinajstić information content (AvgIpc) is 2.75. The van der Waals surface area contributed by atoms with Crippen molar-refractivity contribution in [3.63, 3.8) is 0 Å². The van der Waals surface area contributed by atoms with Crippen LogP contribution in [0, 0.1) is 26.7 Å². The van der Waals surface area contributed by atoms with E-state index < -0.39 is 0 Å². The molecule has 0 radical (unpaired) electrons. The van der Waals surface area contributed by atoms with Crippen LogP contribution in [0.4, 0.5) is 0 Å². The van der Waals surface area contributed by atoms with Gasteiger partial charge in [-0.25, -0.2) is 0 Å². The molecule has 1 fully saturated rings. The van der Waals surface area contributed by atoms with Gasteiger partial charge in [-0.15, -0.1) is 0 Å². The highest BCUT2D eigenvalue weighted by Crippen LogP contribution is 2.22. The van der Waals surface area contributed by atoms with Crippen LogP contribution >= 0.6 is 0 Å². The van der Waals surface area contributed by atoms with Crippen LogP contribution in [0.3, 0.4) is 0 Å². The first-order valence-electron chi connectivity index (χ1n) is 7.40. The van der Waals surface area contributed by atoms with Crippen molar-refractivity contribution in [2.45, 2.75) is 40.2 Å². The normalized spacial score (nSPS) is 21.1. The van der Waals surface area contributed by atoms with Gasteiger partial charge in [-0.05, 0) is 57.7 Å². The Kier molecular flexibility index (Phi) is 4.61. The largest absolute Gasteiger partial charge is 0.393 e. The van der Waals surface area contributed by atoms with Crippen LogP contribution < -0.4 is 0 Å². The monoisotopic (exact) mass is 275 g/mol. The lowest BCUT2D eigenvalue weighted by atomic mass is 9.96. The van der Waals surface area contributed by atoms with Crippen LogP contribution in [0.25, 0.3) is 0 Å².